The van der Waals surface area contributed by atoms with Crippen molar-refractivity contribution in [3.63, 3.8) is 0 Å². The van der Waals surface area contributed by atoms with Gasteiger partial charge in [-0.05, 0) is 34.9 Å². The summed E-state index contributed by atoms with van der Waals surface area (Å²) < 4.78 is 8.97. The van der Waals surface area contributed by atoms with E-state index >= 15 is 0 Å². The number of hydrogen-bond donors (Lipinski definition) is 0. The van der Waals surface area contributed by atoms with Gasteiger partial charge in [-0.2, -0.15) is 0 Å². The molecule has 7 aromatic rings. The van der Waals surface area contributed by atoms with Gasteiger partial charge in [0, 0.05) is 36.5 Å². The smallest absolute Gasteiger partial charge is 0.143 e. The van der Waals surface area contributed by atoms with Crippen LogP contribution in [0.4, 0.5) is 0 Å². The molecule has 2 heterocycles. The summed E-state index contributed by atoms with van der Waals surface area (Å²) in [6.45, 7) is 0. The quantitative estimate of drug-likeness (QED) is 0.268. The lowest BCUT2D eigenvalue weighted by Crippen LogP contribution is -1.82. The second-order valence-corrected chi connectivity index (χ2v) is 9.19. The van der Waals surface area contributed by atoms with Crippen LogP contribution in [0.15, 0.2) is 114 Å². The zero-order valence-electron chi connectivity index (χ0n) is 17.2. The van der Waals surface area contributed by atoms with E-state index in [1.54, 1.807) is 0 Å². The average Bonchev–Trinajstić information content (AvgIpc) is 3.42. The van der Waals surface area contributed by atoms with Crippen LogP contribution in [0.2, 0.25) is 0 Å². The fourth-order valence-electron chi connectivity index (χ4n) is 4.80. The molecule has 0 unspecified atom stereocenters. The highest BCUT2D eigenvalue weighted by molar-refractivity contribution is 7.26. The lowest BCUT2D eigenvalue weighted by atomic mass is 9.97. The van der Waals surface area contributed by atoms with E-state index in [1.165, 1.54) is 36.9 Å². The highest BCUT2D eigenvalue weighted by Gasteiger charge is 2.14. The van der Waals surface area contributed by atoms with Crippen molar-refractivity contribution >= 4 is 53.4 Å². The van der Waals surface area contributed by atoms with Gasteiger partial charge in [-0.3, -0.25) is 0 Å². The molecule has 0 saturated heterocycles. The van der Waals surface area contributed by atoms with Crippen LogP contribution < -0.4 is 0 Å². The SMILES string of the molecule is c1cc(-c2cccc3c2oc2ccccc23)cc(-c2cccc3c2sc2ccccc23)c1. The molecule has 1 nitrogen and oxygen atoms in total. The number of benzene rings is 5. The van der Waals surface area contributed by atoms with Crippen LogP contribution in [0, 0.1) is 0 Å². The normalized spacial score (nSPS) is 11.8. The summed E-state index contributed by atoms with van der Waals surface area (Å²) in [5.41, 5.74) is 6.69. The van der Waals surface area contributed by atoms with E-state index in [0.717, 1.165) is 27.5 Å². The maximum absolute atomic E-state index is 6.30. The first-order valence-corrected chi connectivity index (χ1v) is 11.6. The third-order valence-corrected chi connectivity index (χ3v) is 7.51. The summed E-state index contributed by atoms with van der Waals surface area (Å²) in [5.74, 6) is 0. The van der Waals surface area contributed by atoms with Gasteiger partial charge in [0.15, 0.2) is 0 Å². The molecule has 0 aliphatic heterocycles. The Balaban J connectivity index is 1.45. The first-order chi connectivity index (χ1) is 15.9. The highest BCUT2D eigenvalue weighted by atomic mass is 32.1. The molecule has 5 aromatic carbocycles. The van der Waals surface area contributed by atoms with E-state index in [4.69, 9.17) is 4.42 Å². The fraction of sp³-hybridized carbons (Fsp3) is 0. The molecule has 0 fully saturated rings. The minimum absolute atomic E-state index is 0.932. The van der Waals surface area contributed by atoms with Crippen LogP contribution in [0.3, 0.4) is 0 Å². The Morgan fingerprint density at radius 1 is 0.500 bits per heavy atom. The van der Waals surface area contributed by atoms with Crippen LogP contribution in [0.1, 0.15) is 0 Å². The summed E-state index contributed by atoms with van der Waals surface area (Å²) in [6.07, 6.45) is 0. The Kier molecular flexibility index (Phi) is 3.78. The van der Waals surface area contributed by atoms with Gasteiger partial charge in [0.2, 0.25) is 0 Å². The topological polar surface area (TPSA) is 13.1 Å². The predicted octanol–water partition coefficient (Wildman–Crippen LogP) is 9.29. The van der Waals surface area contributed by atoms with Crippen LogP contribution in [0.25, 0.3) is 64.4 Å². The molecule has 7 rings (SSSR count). The van der Waals surface area contributed by atoms with Crippen molar-refractivity contribution in [2.24, 2.45) is 0 Å². The first kappa shape index (κ1) is 17.8. The van der Waals surface area contributed by atoms with Crippen molar-refractivity contribution < 1.29 is 4.42 Å². The van der Waals surface area contributed by atoms with Crippen molar-refractivity contribution in [2.75, 3.05) is 0 Å². The van der Waals surface area contributed by atoms with E-state index in [0.29, 0.717) is 0 Å². The molecule has 0 N–H and O–H groups in total. The maximum atomic E-state index is 6.30. The van der Waals surface area contributed by atoms with E-state index in [2.05, 4.69) is 97.1 Å². The third-order valence-electron chi connectivity index (χ3n) is 6.29. The Morgan fingerprint density at radius 3 is 2.06 bits per heavy atom. The number of para-hydroxylation sites is 2. The van der Waals surface area contributed by atoms with E-state index < -0.39 is 0 Å². The molecule has 0 aliphatic carbocycles. The molecule has 0 amide bonds. The molecule has 0 saturated carbocycles. The van der Waals surface area contributed by atoms with Gasteiger partial charge in [-0.1, -0.05) is 91.0 Å². The lowest BCUT2D eigenvalue weighted by molar-refractivity contribution is 0.670. The lowest BCUT2D eigenvalue weighted by Gasteiger charge is -2.08. The molecule has 150 valence electrons. The zero-order chi connectivity index (χ0) is 21.1. The number of rotatable bonds is 2. The predicted molar refractivity (Wildman–Crippen MR) is 137 cm³/mol. The standard InChI is InChI=1S/C30H18OS/c1-3-16-27-23(10-1)25-14-6-12-21(29(25)31-27)19-8-5-9-20(18-19)22-13-7-15-26-24-11-2-4-17-28(24)32-30(22)26/h1-18H. The summed E-state index contributed by atoms with van der Waals surface area (Å²) in [4.78, 5) is 0. The van der Waals surface area contributed by atoms with Crippen molar-refractivity contribution in [3.8, 4) is 22.3 Å². The average molecular weight is 427 g/mol. The molecular weight excluding hydrogens is 408 g/mol. The third kappa shape index (κ3) is 2.57. The van der Waals surface area contributed by atoms with Gasteiger partial charge >= 0.3 is 0 Å². The molecule has 32 heavy (non-hydrogen) atoms. The number of fused-ring (bicyclic) bond motifs is 6. The second kappa shape index (κ2) is 6.81. The van der Waals surface area contributed by atoms with Crippen LogP contribution >= 0.6 is 11.3 Å². The Morgan fingerprint density at radius 2 is 1.16 bits per heavy atom. The van der Waals surface area contributed by atoms with E-state index in [-0.39, 0.29) is 0 Å². The number of hydrogen-bond acceptors (Lipinski definition) is 2. The fourth-order valence-corrected chi connectivity index (χ4v) is 6.04. The maximum Gasteiger partial charge on any atom is 0.143 e. The monoisotopic (exact) mass is 426 g/mol. The van der Waals surface area contributed by atoms with E-state index in [9.17, 15) is 0 Å². The van der Waals surface area contributed by atoms with Crippen LogP contribution in [-0.2, 0) is 0 Å². The molecular formula is C30H18OS. The molecule has 2 aromatic heterocycles. The van der Waals surface area contributed by atoms with Gasteiger partial charge in [0.1, 0.15) is 11.2 Å². The van der Waals surface area contributed by atoms with Gasteiger partial charge in [0.05, 0.1) is 0 Å². The summed E-state index contributed by atoms with van der Waals surface area (Å²) >= 11 is 1.87. The van der Waals surface area contributed by atoms with Crippen LogP contribution in [0.5, 0.6) is 0 Å². The number of furan rings is 1. The first-order valence-electron chi connectivity index (χ1n) is 10.8. The minimum Gasteiger partial charge on any atom is -0.455 e. The largest absolute Gasteiger partial charge is 0.455 e. The Bertz CT molecular complexity index is 1650. The summed E-state index contributed by atoms with van der Waals surface area (Å²) in [5, 5.41) is 4.98. The second-order valence-electron chi connectivity index (χ2n) is 8.14. The van der Waals surface area contributed by atoms with Crippen molar-refractivity contribution in [2.45, 2.75) is 0 Å². The molecule has 0 bridgehead atoms. The molecule has 0 aliphatic rings. The highest BCUT2D eigenvalue weighted by Crippen LogP contribution is 2.41. The Labute approximate surface area is 189 Å². The van der Waals surface area contributed by atoms with Crippen molar-refractivity contribution in [1.82, 2.24) is 0 Å². The van der Waals surface area contributed by atoms with E-state index in [1.807, 2.05) is 23.5 Å². The molecule has 0 spiro atoms. The van der Waals surface area contributed by atoms with Crippen molar-refractivity contribution in [3.05, 3.63) is 109 Å². The minimum atomic E-state index is 0.932. The molecule has 0 atom stereocenters. The van der Waals surface area contributed by atoms with Crippen LogP contribution in [-0.4, -0.2) is 0 Å². The molecule has 0 radical (unpaired) electrons. The van der Waals surface area contributed by atoms with Gasteiger partial charge in [-0.15, -0.1) is 11.3 Å². The zero-order valence-corrected chi connectivity index (χ0v) is 18.0. The summed E-state index contributed by atoms with van der Waals surface area (Å²) in [6, 6.07) is 38.8. The van der Waals surface area contributed by atoms with Gasteiger partial charge in [0.25, 0.3) is 0 Å². The van der Waals surface area contributed by atoms with Gasteiger partial charge < -0.3 is 4.42 Å². The molecule has 2 heteroatoms. The Hall–Kier alpha value is -3.88. The van der Waals surface area contributed by atoms with Gasteiger partial charge in [-0.25, -0.2) is 0 Å². The van der Waals surface area contributed by atoms with Crippen molar-refractivity contribution in [1.29, 1.82) is 0 Å². The number of thiophene rings is 1. The summed E-state index contributed by atoms with van der Waals surface area (Å²) in [7, 11) is 0.